The monoisotopic (exact) mass is 230 g/mol. The van der Waals surface area contributed by atoms with Crippen molar-refractivity contribution in [3.05, 3.63) is 0 Å². The lowest BCUT2D eigenvalue weighted by Crippen LogP contribution is -2.38. The Labute approximate surface area is 99.2 Å². The highest BCUT2D eigenvalue weighted by molar-refractivity contribution is 8.00. The zero-order chi connectivity index (χ0) is 11.1. The van der Waals surface area contributed by atoms with Gasteiger partial charge < -0.3 is 10.2 Å². The summed E-state index contributed by atoms with van der Waals surface area (Å²) in [4.78, 5) is 2.47. The first-order valence-corrected chi connectivity index (χ1v) is 7.26. The molecule has 2 nitrogen and oxygen atoms in total. The van der Waals surface area contributed by atoms with Crippen molar-refractivity contribution in [2.45, 2.75) is 38.4 Å². The summed E-state index contributed by atoms with van der Waals surface area (Å²) in [5, 5.41) is 3.60. The maximum absolute atomic E-state index is 3.60. The predicted molar refractivity (Wildman–Crippen MR) is 70.8 cm³/mol. The van der Waals surface area contributed by atoms with Gasteiger partial charge in [-0.15, -0.1) is 0 Å². The van der Waals surface area contributed by atoms with Crippen LogP contribution in [0.1, 0.15) is 33.6 Å². The molecule has 0 aromatic carbocycles. The van der Waals surface area contributed by atoms with Crippen molar-refractivity contribution < 1.29 is 0 Å². The molecule has 0 spiro atoms. The fraction of sp³-hybridized carbons (Fsp3) is 1.00. The maximum atomic E-state index is 3.60. The Bertz CT molecular complexity index is 163. The zero-order valence-electron chi connectivity index (χ0n) is 10.5. The molecule has 0 aromatic rings. The van der Waals surface area contributed by atoms with E-state index in [-0.39, 0.29) is 0 Å². The zero-order valence-corrected chi connectivity index (χ0v) is 11.3. The van der Waals surface area contributed by atoms with Crippen molar-refractivity contribution in [3.8, 4) is 0 Å². The number of rotatable bonds is 7. The molecule has 1 N–H and O–H groups in total. The molecule has 0 saturated carbocycles. The van der Waals surface area contributed by atoms with Gasteiger partial charge in [0, 0.05) is 24.4 Å². The second-order valence-electron chi connectivity index (χ2n) is 4.61. The van der Waals surface area contributed by atoms with Gasteiger partial charge in [-0.3, -0.25) is 0 Å². The second kappa shape index (κ2) is 6.77. The second-order valence-corrected chi connectivity index (χ2v) is 6.29. The van der Waals surface area contributed by atoms with Crippen LogP contribution in [0.25, 0.3) is 0 Å². The standard InChI is InChI=1S/C12H26N2S/c1-4-14(5-2)9-8-13-11-12(3)7-6-10-15-12/h13H,4-11H2,1-3H3. The Morgan fingerprint density at radius 1 is 1.33 bits per heavy atom. The molecular formula is C12H26N2S. The van der Waals surface area contributed by atoms with Crippen LogP contribution < -0.4 is 5.32 Å². The first-order valence-electron chi connectivity index (χ1n) is 6.27. The molecule has 15 heavy (non-hydrogen) atoms. The Kier molecular flexibility index (Phi) is 6.02. The minimum absolute atomic E-state index is 0.517. The highest BCUT2D eigenvalue weighted by atomic mass is 32.2. The van der Waals surface area contributed by atoms with Gasteiger partial charge in [-0.2, -0.15) is 11.8 Å². The van der Waals surface area contributed by atoms with Gasteiger partial charge in [0.15, 0.2) is 0 Å². The average molecular weight is 230 g/mol. The molecule has 0 aromatic heterocycles. The molecule has 1 unspecified atom stereocenters. The van der Waals surface area contributed by atoms with Crippen LogP contribution in [0.3, 0.4) is 0 Å². The summed E-state index contributed by atoms with van der Waals surface area (Å²) >= 11 is 2.14. The van der Waals surface area contributed by atoms with Gasteiger partial charge in [-0.1, -0.05) is 13.8 Å². The largest absolute Gasteiger partial charge is 0.314 e. The molecule has 1 atom stereocenters. The summed E-state index contributed by atoms with van der Waals surface area (Å²) in [7, 11) is 0. The van der Waals surface area contributed by atoms with Crippen LogP contribution in [0.15, 0.2) is 0 Å². The third-order valence-corrected chi connectivity index (χ3v) is 4.84. The van der Waals surface area contributed by atoms with E-state index in [9.17, 15) is 0 Å². The van der Waals surface area contributed by atoms with Crippen molar-refractivity contribution >= 4 is 11.8 Å². The van der Waals surface area contributed by atoms with E-state index in [0.29, 0.717) is 4.75 Å². The van der Waals surface area contributed by atoms with Crippen LogP contribution >= 0.6 is 11.8 Å². The number of likely N-dealkylation sites (N-methyl/N-ethyl adjacent to an activating group) is 1. The number of hydrogen-bond acceptors (Lipinski definition) is 3. The van der Waals surface area contributed by atoms with Crippen LogP contribution in [0.2, 0.25) is 0 Å². The number of thioether (sulfide) groups is 1. The molecule has 0 amide bonds. The fourth-order valence-electron chi connectivity index (χ4n) is 2.11. The van der Waals surface area contributed by atoms with E-state index < -0.39 is 0 Å². The Morgan fingerprint density at radius 3 is 2.60 bits per heavy atom. The summed E-state index contributed by atoms with van der Waals surface area (Å²) in [5.74, 6) is 1.36. The van der Waals surface area contributed by atoms with Gasteiger partial charge in [0.05, 0.1) is 0 Å². The molecule has 1 rings (SSSR count). The molecule has 1 saturated heterocycles. The van der Waals surface area contributed by atoms with E-state index in [0.717, 1.165) is 6.54 Å². The SMILES string of the molecule is CCN(CC)CCNCC1(C)CCCS1. The Morgan fingerprint density at radius 2 is 2.07 bits per heavy atom. The van der Waals surface area contributed by atoms with Crippen molar-refractivity contribution in [2.75, 3.05) is 38.5 Å². The molecular weight excluding hydrogens is 204 g/mol. The molecule has 0 bridgehead atoms. The topological polar surface area (TPSA) is 15.3 Å². The van der Waals surface area contributed by atoms with Gasteiger partial charge in [-0.25, -0.2) is 0 Å². The number of hydrogen-bond donors (Lipinski definition) is 1. The summed E-state index contributed by atoms with van der Waals surface area (Å²) in [6.45, 7) is 12.7. The predicted octanol–water partition coefficient (Wildman–Crippen LogP) is 2.20. The quantitative estimate of drug-likeness (QED) is 0.675. The van der Waals surface area contributed by atoms with E-state index in [1.807, 2.05) is 0 Å². The third kappa shape index (κ3) is 4.75. The van der Waals surface area contributed by atoms with Crippen molar-refractivity contribution in [2.24, 2.45) is 0 Å². The Hall–Kier alpha value is 0.270. The Balaban J connectivity index is 2.05. The van der Waals surface area contributed by atoms with E-state index in [1.165, 1.54) is 44.8 Å². The van der Waals surface area contributed by atoms with E-state index in [4.69, 9.17) is 0 Å². The van der Waals surface area contributed by atoms with Crippen LogP contribution in [0.5, 0.6) is 0 Å². The number of nitrogens with one attached hydrogen (secondary N) is 1. The smallest absolute Gasteiger partial charge is 0.0256 e. The van der Waals surface area contributed by atoms with Gasteiger partial charge >= 0.3 is 0 Å². The summed E-state index contributed by atoms with van der Waals surface area (Å²) in [6.07, 6.45) is 2.79. The highest BCUT2D eigenvalue weighted by Gasteiger charge is 2.28. The molecule has 3 heteroatoms. The lowest BCUT2D eigenvalue weighted by atomic mass is 10.1. The summed E-state index contributed by atoms with van der Waals surface area (Å²) < 4.78 is 0.517. The molecule has 0 radical (unpaired) electrons. The van der Waals surface area contributed by atoms with Gasteiger partial charge in [-0.05, 0) is 38.6 Å². The number of nitrogens with zero attached hydrogens (tertiary/aromatic N) is 1. The minimum Gasteiger partial charge on any atom is -0.314 e. The maximum Gasteiger partial charge on any atom is 0.0256 e. The first-order chi connectivity index (χ1) is 7.20. The highest BCUT2D eigenvalue weighted by Crippen LogP contribution is 2.36. The van der Waals surface area contributed by atoms with E-state index in [2.05, 4.69) is 42.7 Å². The average Bonchev–Trinajstić information content (AvgIpc) is 2.66. The minimum atomic E-state index is 0.517. The van der Waals surface area contributed by atoms with Gasteiger partial charge in [0.25, 0.3) is 0 Å². The van der Waals surface area contributed by atoms with Crippen molar-refractivity contribution in [1.29, 1.82) is 0 Å². The molecule has 1 fully saturated rings. The van der Waals surface area contributed by atoms with Crippen molar-refractivity contribution in [3.63, 3.8) is 0 Å². The lowest BCUT2D eigenvalue weighted by Gasteiger charge is -2.24. The van der Waals surface area contributed by atoms with Crippen LogP contribution in [0, 0.1) is 0 Å². The van der Waals surface area contributed by atoms with Crippen LogP contribution in [-0.2, 0) is 0 Å². The van der Waals surface area contributed by atoms with Crippen molar-refractivity contribution in [1.82, 2.24) is 10.2 Å². The molecule has 90 valence electrons. The van der Waals surface area contributed by atoms with Gasteiger partial charge in [0.1, 0.15) is 0 Å². The van der Waals surface area contributed by atoms with E-state index >= 15 is 0 Å². The van der Waals surface area contributed by atoms with Gasteiger partial charge in [0.2, 0.25) is 0 Å². The first kappa shape index (κ1) is 13.3. The summed E-state index contributed by atoms with van der Waals surface area (Å²) in [6, 6.07) is 0. The van der Waals surface area contributed by atoms with Crippen LogP contribution in [0.4, 0.5) is 0 Å². The molecule has 1 aliphatic rings. The summed E-state index contributed by atoms with van der Waals surface area (Å²) in [5.41, 5.74) is 0. The third-order valence-electron chi connectivity index (χ3n) is 3.30. The molecule has 0 aliphatic carbocycles. The normalized spacial score (nSPS) is 26.4. The molecule has 1 aliphatic heterocycles. The molecule has 1 heterocycles. The fourth-order valence-corrected chi connectivity index (χ4v) is 3.38. The van der Waals surface area contributed by atoms with Crippen LogP contribution in [-0.4, -0.2) is 48.1 Å². The lowest BCUT2D eigenvalue weighted by molar-refractivity contribution is 0.300. The van der Waals surface area contributed by atoms with E-state index in [1.54, 1.807) is 0 Å².